The van der Waals surface area contributed by atoms with Crippen LogP contribution in [0.1, 0.15) is 21.5 Å². The van der Waals surface area contributed by atoms with E-state index in [1.165, 1.54) is 14.0 Å². The van der Waals surface area contributed by atoms with E-state index in [1.54, 1.807) is 0 Å². The molecular weight excluding hydrogens is 297 g/mol. The molecule has 1 aromatic carbocycles. The summed E-state index contributed by atoms with van der Waals surface area (Å²) in [7, 11) is 1.22. The third-order valence-electron chi connectivity index (χ3n) is 3.01. The van der Waals surface area contributed by atoms with Crippen LogP contribution in [-0.4, -0.2) is 47.8 Å². The first-order chi connectivity index (χ1) is 10.3. The lowest BCUT2D eigenvalue weighted by atomic mass is 9.99. The van der Waals surface area contributed by atoms with E-state index < -0.39 is 36.2 Å². The molecule has 0 saturated carbocycles. The van der Waals surface area contributed by atoms with Crippen LogP contribution in [0.5, 0.6) is 0 Å². The molecule has 1 aromatic rings. The lowest BCUT2D eigenvalue weighted by molar-refractivity contribution is -0.139. The number of aliphatic hydroxyl groups is 1. The summed E-state index contributed by atoms with van der Waals surface area (Å²) in [5.41, 5.74) is -0.0889. The van der Waals surface area contributed by atoms with Crippen molar-refractivity contribution in [1.82, 2.24) is 5.32 Å². The normalized spacial score (nSPS) is 11.8. The molecule has 0 saturated heterocycles. The van der Waals surface area contributed by atoms with Crippen LogP contribution in [0.4, 0.5) is 4.39 Å². The summed E-state index contributed by atoms with van der Waals surface area (Å²) in [5, 5.41) is 20.1. The minimum atomic E-state index is -1.33. The summed E-state index contributed by atoms with van der Waals surface area (Å²) >= 11 is 0. The molecule has 1 atom stereocenters. The number of ketones is 1. The maximum absolute atomic E-state index is 13.6. The van der Waals surface area contributed by atoms with Crippen molar-refractivity contribution in [3.05, 3.63) is 34.6 Å². The molecule has 7 nitrogen and oxygen atoms in total. The molecule has 0 fully saturated rings. The van der Waals surface area contributed by atoms with E-state index >= 15 is 0 Å². The Morgan fingerprint density at radius 2 is 2.00 bits per heavy atom. The Balaban J connectivity index is 2.83. The molecule has 0 spiro atoms. The van der Waals surface area contributed by atoms with Gasteiger partial charge in [0.1, 0.15) is 5.82 Å². The van der Waals surface area contributed by atoms with Gasteiger partial charge in [0.15, 0.2) is 6.29 Å². The summed E-state index contributed by atoms with van der Waals surface area (Å²) in [6.45, 7) is 1.11. The van der Waals surface area contributed by atoms with Crippen molar-refractivity contribution in [2.45, 2.75) is 19.6 Å². The second-order valence-corrected chi connectivity index (χ2v) is 4.55. The monoisotopic (exact) mass is 313 g/mol. The lowest BCUT2D eigenvalue weighted by Crippen LogP contribution is -2.38. The van der Waals surface area contributed by atoms with Gasteiger partial charge in [-0.05, 0) is 30.2 Å². The van der Waals surface area contributed by atoms with Crippen LogP contribution >= 0.6 is 0 Å². The predicted molar refractivity (Wildman–Crippen MR) is 72.8 cm³/mol. The van der Waals surface area contributed by atoms with Crippen molar-refractivity contribution in [1.29, 1.82) is 0 Å². The van der Waals surface area contributed by atoms with Gasteiger partial charge in [0.25, 0.3) is 5.91 Å². The van der Waals surface area contributed by atoms with Crippen molar-refractivity contribution < 1.29 is 33.7 Å². The molecule has 0 aromatic heterocycles. The minimum Gasteiger partial charge on any atom is -0.478 e. The van der Waals surface area contributed by atoms with Crippen molar-refractivity contribution in [2.24, 2.45) is 0 Å². The molecule has 22 heavy (non-hydrogen) atoms. The van der Waals surface area contributed by atoms with Gasteiger partial charge in [-0.1, -0.05) is 0 Å². The number of halogens is 1. The predicted octanol–water partition coefficient (Wildman–Crippen LogP) is 0.0249. The Morgan fingerprint density at radius 3 is 2.55 bits per heavy atom. The highest BCUT2D eigenvalue weighted by Gasteiger charge is 2.19. The molecule has 0 aliphatic carbocycles. The van der Waals surface area contributed by atoms with E-state index in [-0.39, 0.29) is 23.2 Å². The first-order valence-corrected chi connectivity index (χ1v) is 6.30. The summed E-state index contributed by atoms with van der Waals surface area (Å²) in [6.07, 6.45) is -1.69. The zero-order chi connectivity index (χ0) is 16.9. The zero-order valence-electron chi connectivity index (χ0n) is 12.1. The first-order valence-electron chi connectivity index (χ1n) is 6.30. The highest BCUT2D eigenvalue weighted by Crippen LogP contribution is 2.17. The zero-order valence-corrected chi connectivity index (χ0v) is 12.1. The number of amides is 1. The number of aliphatic hydroxyl groups excluding tert-OH is 1. The van der Waals surface area contributed by atoms with Crippen molar-refractivity contribution in [2.75, 3.05) is 13.7 Å². The number of ether oxygens (including phenoxy) is 1. The van der Waals surface area contributed by atoms with E-state index in [4.69, 9.17) is 10.2 Å². The molecule has 1 amide bonds. The summed E-state index contributed by atoms with van der Waals surface area (Å²) < 4.78 is 18.1. The van der Waals surface area contributed by atoms with E-state index in [1.807, 2.05) is 0 Å². The number of methoxy groups -OCH3 is 1. The number of carbonyl (C=O) groups is 3. The van der Waals surface area contributed by atoms with E-state index in [0.717, 1.165) is 12.1 Å². The fourth-order valence-corrected chi connectivity index (χ4v) is 1.66. The van der Waals surface area contributed by atoms with Gasteiger partial charge in [0, 0.05) is 13.5 Å². The first kappa shape index (κ1) is 17.7. The Bertz CT molecular complexity index is 601. The van der Waals surface area contributed by atoms with E-state index in [0.29, 0.717) is 0 Å². The number of nitrogens with one attached hydrogen (secondary N) is 1. The average molecular weight is 313 g/mol. The number of aromatic carboxylic acids is 1. The Hall–Kier alpha value is -2.32. The van der Waals surface area contributed by atoms with Gasteiger partial charge in [-0.25, -0.2) is 9.18 Å². The number of carbonyl (C=O) groups excluding carboxylic acids is 2. The van der Waals surface area contributed by atoms with Crippen LogP contribution in [0.2, 0.25) is 0 Å². The van der Waals surface area contributed by atoms with Crippen LogP contribution in [0.25, 0.3) is 0 Å². The maximum atomic E-state index is 13.6. The van der Waals surface area contributed by atoms with Crippen molar-refractivity contribution in [3.8, 4) is 0 Å². The van der Waals surface area contributed by atoms with E-state index in [2.05, 4.69) is 10.1 Å². The molecule has 0 aliphatic heterocycles. The van der Waals surface area contributed by atoms with Gasteiger partial charge in [-0.2, -0.15) is 0 Å². The lowest BCUT2D eigenvalue weighted by Gasteiger charge is -2.10. The minimum absolute atomic E-state index is 0.100. The highest BCUT2D eigenvalue weighted by molar-refractivity contribution is 6.36. The van der Waals surface area contributed by atoms with Crippen molar-refractivity contribution >= 4 is 17.7 Å². The molecular formula is C14H16FNO6. The molecule has 1 rings (SSSR count). The van der Waals surface area contributed by atoms with Gasteiger partial charge in [-0.15, -0.1) is 0 Å². The van der Waals surface area contributed by atoms with Crippen LogP contribution in [-0.2, 0) is 20.7 Å². The smallest absolute Gasteiger partial charge is 0.335 e. The van der Waals surface area contributed by atoms with Crippen LogP contribution in [0.15, 0.2) is 12.1 Å². The standard InChI is InChI=1S/C14H16FNO6/c1-7-8(3-9(14(20)21)4-10(7)15)5-11(17)13(19)16-6-12(18)22-2/h3-4,12,18H,5-6H2,1-2H3,(H,16,19)(H,20,21). The fourth-order valence-electron chi connectivity index (χ4n) is 1.66. The Kier molecular flexibility index (Phi) is 6.14. The van der Waals surface area contributed by atoms with Crippen LogP contribution < -0.4 is 5.32 Å². The van der Waals surface area contributed by atoms with Crippen LogP contribution in [0, 0.1) is 12.7 Å². The Morgan fingerprint density at radius 1 is 1.36 bits per heavy atom. The molecule has 0 radical (unpaired) electrons. The molecule has 0 bridgehead atoms. The maximum Gasteiger partial charge on any atom is 0.335 e. The molecule has 3 N–H and O–H groups in total. The fraction of sp³-hybridized carbons (Fsp3) is 0.357. The quantitative estimate of drug-likeness (QED) is 0.483. The molecule has 8 heteroatoms. The molecule has 0 heterocycles. The topological polar surface area (TPSA) is 113 Å². The number of Topliss-reactive ketones (excluding diaryl/α,β-unsaturated/α-hetero) is 1. The number of benzene rings is 1. The summed E-state index contributed by atoms with van der Waals surface area (Å²) in [4.78, 5) is 34.2. The van der Waals surface area contributed by atoms with Gasteiger partial charge in [0.2, 0.25) is 5.78 Å². The van der Waals surface area contributed by atoms with Crippen molar-refractivity contribution in [3.63, 3.8) is 0 Å². The number of hydrogen-bond donors (Lipinski definition) is 3. The highest BCUT2D eigenvalue weighted by atomic mass is 19.1. The molecule has 120 valence electrons. The average Bonchev–Trinajstić information content (AvgIpc) is 2.48. The second kappa shape index (κ2) is 7.62. The van der Waals surface area contributed by atoms with Gasteiger partial charge >= 0.3 is 5.97 Å². The third kappa shape index (κ3) is 4.61. The Labute approximate surface area is 125 Å². The summed E-state index contributed by atoms with van der Waals surface area (Å²) in [5.74, 6) is -3.96. The van der Waals surface area contributed by atoms with Gasteiger partial charge < -0.3 is 20.3 Å². The molecule has 0 aliphatic rings. The third-order valence-corrected chi connectivity index (χ3v) is 3.01. The van der Waals surface area contributed by atoms with E-state index in [9.17, 15) is 18.8 Å². The SMILES string of the molecule is COC(O)CNC(=O)C(=O)Cc1cc(C(=O)O)cc(F)c1C. The van der Waals surface area contributed by atoms with Gasteiger partial charge in [0.05, 0.1) is 12.1 Å². The number of hydrogen-bond acceptors (Lipinski definition) is 5. The second-order valence-electron chi connectivity index (χ2n) is 4.55. The van der Waals surface area contributed by atoms with Crippen LogP contribution in [0.3, 0.4) is 0 Å². The number of carboxylic acids is 1. The summed E-state index contributed by atoms with van der Waals surface area (Å²) in [6, 6.07) is 2.00. The largest absolute Gasteiger partial charge is 0.478 e. The van der Waals surface area contributed by atoms with Gasteiger partial charge in [-0.3, -0.25) is 9.59 Å². The molecule has 1 unspecified atom stereocenters. The number of rotatable bonds is 7. The number of carboxylic acid groups (broad SMARTS) is 1.